The fraction of sp³-hybridized carbons (Fsp3) is 0.909. The predicted octanol–water partition coefficient (Wildman–Crippen LogP) is 2.71. The van der Waals surface area contributed by atoms with E-state index in [4.69, 9.17) is 5.26 Å². The van der Waals surface area contributed by atoms with Crippen LogP contribution in [0.25, 0.3) is 0 Å². The lowest BCUT2D eigenvalue weighted by Crippen LogP contribution is -2.35. The zero-order valence-corrected chi connectivity index (χ0v) is 9.94. The number of rotatable bonds is 3. The van der Waals surface area contributed by atoms with E-state index in [-0.39, 0.29) is 23.4 Å². The van der Waals surface area contributed by atoms with Crippen LogP contribution in [-0.2, 0) is 0 Å². The Balaban J connectivity index is 2.52. The molecule has 0 heterocycles. The Labute approximate surface area is 93.8 Å². The van der Waals surface area contributed by atoms with Crippen LogP contribution in [0.1, 0.15) is 27.7 Å². The van der Waals surface area contributed by atoms with Crippen LogP contribution in [0, 0.1) is 28.1 Å². The summed E-state index contributed by atoms with van der Waals surface area (Å²) >= 11 is 0. The van der Waals surface area contributed by atoms with E-state index in [1.54, 1.807) is 0 Å². The van der Waals surface area contributed by atoms with Gasteiger partial charge in [0, 0.05) is 12.6 Å². The lowest BCUT2D eigenvalue weighted by molar-refractivity contribution is -0.157. The van der Waals surface area contributed by atoms with E-state index in [2.05, 4.69) is 5.32 Å². The molecule has 0 spiro atoms. The Morgan fingerprint density at radius 3 is 1.94 bits per heavy atom. The molecule has 0 aliphatic heterocycles. The molecule has 1 aliphatic rings. The van der Waals surface area contributed by atoms with E-state index < -0.39 is 12.1 Å². The second-order valence-corrected chi connectivity index (χ2v) is 5.51. The van der Waals surface area contributed by atoms with Crippen LogP contribution >= 0.6 is 0 Å². The van der Waals surface area contributed by atoms with Crippen LogP contribution in [0.3, 0.4) is 0 Å². The second-order valence-electron chi connectivity index (χ2n) is 5.51. The molecule has 1 unspecified atom stereocenters. The minimum atomic E-state index is -4.44. The van der Waals surface area contributed by atoms with E-state index in [9.17, 15) is 13.2 Å². The van der Waals surface area contributed by atoms with Crippen molar-refractivity contribution in [1.29, 1.82) is 5.26 Å². The number of alkyl halides is 3. The molecule has 1 atom stereocenters. The van der Waals surface area contributed by atoms with Crippen molar-refractivity contribution in [1.82, 2.24) is 5.32 Å². The molecule has 2 nitrogen and oxygen atoms in total. The van der Waals surface area contributed by atoms with E-state index in [0.717, 1.165) is 0 Å². The van der Waals surface area contributed by atoms with E-state index in [1.807, 2.05) is 27.7 Å². The number of nitrogens with zero attached hydrogens (tertiary/aromatic N) is 1. The molecule has 16 heavy (non-hydrogen) atoms. The summed E-state index contributed by atoms with van der Waals surface area (Å²) in [4.78, 5) is 0. The lowest BCUT2D eigenvalue weighted by atomic mass is 10.0. The number of nitriles is 1. The molecule has 1 aliphatic carbocycles. The smallest absolute Gasteiger partial charge is 0.311 e. The van der Waals surface area contributed by atoms with Gasteiger partial charge in [0.15, 0.2) is 5.92 Å². The zero-order chi connectivity index (χ0) is 12.8. The highest BCUT2D eigenvalue weighted by Gasteiger charge is 2.64. The summed E-state index contributed by atoms with van der Waals surface area (Å²) in [6.45, 7) is 7.73. The van der Waals surface area contributed by atoms with Crippen LogP contribution in [0.5, 0.6) is 0 Å². The first kappa shape index (κ1) is 13.3. The number of hydrogen-bond donors (Lipinski definition) is 1. The maximum absolute atomic E-state index is 12.3. The van der Waals surface area contributed by atoms with E-state index in [1.165, 1.54) is 6.07 Å². The minimum absolute atomic E-state index is 0.0153. The van der Waals surface area contributed by atoms with Gasteiger partial charge in [-0.05, 0) is 10.8 Å². The Hall–Kier alpha value is -0.760. The zero-order valence-electron chi connectivity index (χ0n) is 9.94. The molecule has 0 amide bonds. The molecule has 1 N–H and O–H groups in total. The third kappa shape index (κ3) is 2.03. The van der Waals surface area contributed by atoms with Crippen molar-refractivity contribution in [3.05, 3.63) is 0 Å². The molecule has 1 saturated carbocycles. The van der Waals surface area contributed by atoms with Gasteiger partial charge in [-0.2, -0.15) is 18.4 Å². The lowest BCUT2D eigenvalue weighted by Gasteiger charge is -2.14. The first-order chi connectivity index (χ1) is 7.05. The maximum Gasteiger partial charge on any atom is 0.405 e. The van der Waals surface area contributed by atoms with Gasteiger partial charge in [-0.15, -0.1) is 0 Å². The van der Waals surface area contributed by atoms with Crippen LogP contribution in [-0.4, -0.2) is 18.8 Å². The molecule has 92 valence electrons. The SMILES string of the molecule is CC1(C)C(NCC(C#N)C(F)(F)F)C1(C)C. The monoisotopic (exact) mass is 234 g/mol. The van der Waals surface area contributed by atoms with Crippen LogP contribution in [0.15, 0.2) is 0 Å². The molecular weight excluding hydrogens is 217 g/mol. The molecule has 0 saturated heterocycles. The second kappa shape index (κ2) is 3.63. The Kier molecular flexibility index (Phi) is 3.01. The van der Waals surface area contributed by atoms with Gasteiger partial charge in [0.2, 0.25) is 0 Å². The molecule has 1 fully saturated rings. The summed E-state index contributed by atoms with van der Waals surface area (Å²) in [6, 6.07) is 1.33. The van der Waals surface area contributed by atoms with Gasteiger partial charge in [-0.25, -0.2) is 0 Å². The number of nitrogens with one attached hydrogen (secondary N) is 1. The summed E-state index contributed by atoms with van der Waals surface area (Å²) in [5.41, 5.74) is -0.0305. The van der Waals surface area contributed by atoms with Crippen molar-refractivity contribution in [3.8, 4) is 6.07 Å². The largest absolute Gasteiger partial charge is 0.405 e. The Bertz CT molecular complexity index is 298. The highest BCUT2D eigenvalue weighted by atomic mass is 19.4. The summed E-state index contributed by atoms with van der Waals surface area (Å²) in [6.07, 6.45) is -4.44. The molecule has 0 aromatic carbocycles. The Morgan fingerprint density at radius 1 is 1.25 bits per heavy atom. The van der Waals surface area contributed by atoms with Crippen molar-refractivity contribution >= 4 is 0 Å². The van der Waals surface area contributed by atoms with Crippen molar-refractivity contribution in [2.45, 2.75) is 39.9 Å². The number of hydrogen-bond acceptors (Lipinski definition) is 2. The molecule has 0 aromatic rings. The summed E-state index contributed by atoms with van der Waals surface area (Å²) < 4.78 is 36.9. The average Bonchev–Trinajstić information content (AvgIpc) is 2.45. The van der Waals surface area contributed by atoms with Crippen molar-refractivity contribution in [2.24, 2.45) is 16.7 Å². The molecule has 0 radical (unpaired) electrons. The van der Waals surface area contributed by atoms with Crippen LogP contribution < -0.4 is 5.32 Å². The standard InChI is InChI=1S/C11H17F3N2/c1-9(2)8(10(9,3)4)16-6-7(5-15)11(12,13)14/h7-8,16H,6H2,1-4H3. The fourth-order valence-electron chi connectivity index (χ4n) is 2.18. The van der Waals surface area contributed by atoms with E-state index in [0.29, 0.717) is 0 Å². The highest BCUT2D eigenvalue weighted by Crippen LogP contribution is 2.62. The summed E-state index contributed by atoms with van der Waals surface area (Å²) in [5.74, 6) is -1.92. The minimum Gasteiger partial charge on any atom is -0.311 e. The van der Waals surface area contributed by atoms with Crippen molar-refractivity contribution in [2.75, 3.05) is 6.54 Å². The van der Waals surface area contributed by atoms with Crippen LogP contribution in [0.4, 0.5) is 13.2 Å². The van der Waals surface area contributed by atoms with Gasteiger partial charge in [0.1, 0.15) is 0 Å². The predicted molar refractivity (Wildman–Crippen MR) is 54.5 cm³/mol. The fourth-order valence-corrected chi connectivity index (χ4v) is 2.18. The van der Waals surface area contributed by atoms with Crippen molar-refractivity contribution < 1.29 is 13.2 Å². The van der Waals surface area contributed by atoms with Crippen molar-refractivity contribution in [3.63, 3.8) is 0 Å². The average molecular weight is 234 g/mol. The van der Waals surface area contributed by atoms with Gasteiger partial charge in [-0.3, -0.25) is 0 Å². The molecule has 1 rings (SSSR count). The molecule has 5 heteroatoms. The molecule has 0 bridgehead atoms. The first-order valence-electron chi connectivity index (χ1n) is 5.25. The van der Waals surface area contributed by atoms with Gasteiger partial charge < -0.3 is 5.32 Å². The Morgan fingerprint density at radius 2 is 1.69 bits per heavy atom. The van der Waals surface area contributed by atoms with E-state index >= 15 is 0 Å². The summed E-state index contributed by atoms with van der Waals surface area (Å²) in [5, 5.41) is 11.3. The molecular formula is C11H17F3N2. The molecule has 0 aromatic heterocycles. The van der Waals surface area contributed by atoms with Gasteiger partial charge >= 0.3 is 6.18 Å². The highest BCUT2D eigenvalue weighted by molar-refractivity contribution is 5.18. The topological polar surface area (TPSA) is 35.8 Å². The summed E-state index contributed by atoms with van der Waals surface area (Å²) in [7, 11) is 0. The van der Waals surface area contributed by atoms with Gasteiger partial charge in [0.05, 0.1) is 6.07 Å². The normalized spacial score (nSPS) is 24.9. The van der Waals surface area contributed by atoms with Gasteiger partial charge in [-0.1, -0.05) is 27.7 Å². The number of halogens is 3. The van der Waals surface area contributed by atoms with Gasteiger partial charge in [0.25, 0.3) is 0 Å². The third-order valence-electron chi connectivity index (χ3n) is 4.10. The third-order valence-corrected chi connectivity index (χ3v) is 4.10. The van der Waals surface area contributed by atoms with Crippen LogP contribution in [0.2, 0.25) is 0 Å². The first-order valence-corrected chi connectivity index (χ1v) is 5.25. The quantitative estimate of drug-likeness (QED) is 0.815. The maximum atomic E-state index is 12.3.